The molecule has 1 aromatic carbocycles. The molecule has 17 heavy (non-hydrogen) atoms. The molecule has 1 rings (SSSR count). The molecular formula is C13H21N3O. The highest BCUT2D eigenvalue weighted by molar-refractivity contribution is 5.79. The van der Waals surface area contributed by atoms with E-state index >= 15 is 0 Å². The van der Waals surface area contributed by atoms with Crippen molar-refractivity contribution in [2.75, 3.05) is 27.2 Å². The van der Waals surface area contributed by atoms with Crippen molar-refractivity contribution >= 4 is 5.96 Å². The molecule has 4 heteroatoms. The van der Waals surface area contributed by atoms with Crippen LogP contribution >= 0.6 is 0 Å². The predicted molar refractivity (Wildman–Crippen MR) is 71.7 cm³/mol. The van der Waals surface area contributed by atoms with Crippen molar-refractivity contribution in [1.29, 1.82) is 0 Å². The topological polar surface area (TPSA) is 45.7 Å². The van der Waals surface area contributed by atoms with E-state index in [0.29, 0.717) is 6.61 Å². The summed E-state index contributed by atoms with van der Waals surface area (Å²) >= 11 is 0. The molecule has 4 nitrogen and oxygen atoms in total. The quantitative estimate of drug-likeness (QED) is 0.462. The van der Waals surface area contributed by atoms with Crippen LogP contribution in [0.15, 0.2) is 29.3 Å². The third kappa shape index (κ3) is 4.76. The number of nitrogens with zero attached hydrogens (tertiary/aromatic N) is 1. The van der Waals surface area contributed by atoms with E-state index in [4.69, 9.17) is 4.74 Å². The van der Waals surface area contributed by atoms with Crippen molar-refractivity contribution in [2.45, 2.75) is 13.3 Å². The summed E-state index contributed by atoms with van der Waals surface area (Å²) in [5.41, 5.74) is 1.17. The van der Waals surface area contributed by atoms with Gasteiger partial charge in [-0.15, -0.1) is 0 Å². The predicted octanol–water partition coefficient (Wildman–Crippen LogP) is 1.56. The lowest BCUT2D eigenvalue weighted by atomic mass is 10.2. The highest BCUT2D eigenvalue weighted by atomic mass is 16.5. The van der Waals surface area contributed by atoms with Gasteiger partial charge in [0.2, 0.25) is 0 Å². The Morgan fingerprint density at radius 1 is 1.35 bits per heavy atom. The van der Waals surface area contributed by atoms with Gasteiger partial charge in [-0.05, 0) is 25.0 Å². The van der Waals surface area contributed by atoms with Crippen LogP contribution in [0.1, 0.15) is 12.0 Å². The van der Waals surface area contributed by atoms with E-state index in [9.17, 15) is 0 Å². The molecule has 0 fully saturated rings. The molecule has 0 amide bonds. The highest BCUT2D eigenvalue weighted by Gasteiger charge is 1.97. The second kappa shape index (κ2) is 7.54. The van der Waals surface area contributed by atoms with Gasteiger partial charge >= 0.3 is 0 Å². The van der Waals surface area contributed by atoms with E-state index in [1.807, 2.05) is 25.2 Å². The summed E-state index contributed by atoms with van der Waals surface area (Å²) in [6.45, 7) is 3.61. The Kier molecular flexibility index (Phi) is 5.93. The molecule has 0 aliphatic heterocycles. The second-order valence-electron chi connectivity index (χ2n) is 3.72. The van der Waals surface area contributed by atoms with Gasteiger partial charge in [-0.2, -0.15) is 0 Å². The molecule has 94 valence electrons. The summed E-state index contributed by atoms with van der Waals surface area (Å²) < 4.78 is 5.69. The Hall–Kier alpha value is -1.71. The van der Waals surface area contributed by atoms with Crippen molar-refractivity contribution in [3.05, 3.63) is 29.8 Å². The molecule has 0 bridgehead atoms. The van der Waals surface area contributed by atoms with Crippen LogP contribution in [0.2, 0.25) is 0 Å². The fourth-order valence-electron chi connectivity index (χ4n) is 1.46. The minimum Gasteiger partial charge on any atom is -0.493 e. The van der Waals surface area contributed by atoms with Crippen LogP contribution in [0.25, 0.3) is 0 Å². The molecule has 0 heterocycles. The van der Waals surface area contributed by atoms with Crippen molar-refractivity contribution in [2.24, 2.45) is 4.99 Å². The summed E-state index contributed by atoms with van der Waals surface area (Å²) in [4.78, 5) is 4.03. The van der Waals surface area contributed by atoms with Crippen LogP contribution in [0.3, 0.4) is 0 Å². The summed E-state index contributed by atoms with van der Waals surface area (Å²) in [7, 11) is 3.60. The monoisotopic (exact) mass is 235 g/mol. The largest absolute Gasteiger partial charge is 0.493 e. The number of ether oxygens (including phenoxy) is 1. The maximum Gasteiger partial charge on any atom is 0.190 e. The van der Waals surface area contributed by atoms with Crippen LogP contribution in [-0.2, 0) is 0 Å². The van der Waals surface area contributed by atoms with Crippen LogP contribution < -0.4 is 15.4 Å². The standard InChI is InChI=1S/C13H21N3O/c1-11-7-4-5-8-12(11)17-10-6-9-16-13(14-2)15-3/h4-5,7-8H,6,9-10H2,1-3H3,(H2,14,15,16). The van der Waals surface area contributed by atoms with Gasteiger partial charge in [-0.3, -0.25) is 4.99 Å². The Morgan fingerprint density at radius 2 is 2.12 bits per heavy atom. The van der Waals surface area contributed by atoms with Gasteiger partial charge in [0, 0.05) is 20.6 Å². The zero-order chi connectivity index (χ0) is 12.5. The number of benzene rings is 1. The van der Waals surface area contributed by atoms with Crippen molar-refractivity contribution in [3.63, 3.8) is 0 Å². The van der Waals surface area contributed by atoms with Gasteiger partial charge in [0.25, 0.3) is 0 Å². The molecule has 1 aromatic rings. The summed E-state index contributed by atoms with van der Waals surface area (Å²) in [5.74, 6) is 1.77. The van der Waals surface area contributed by atoms with Crippen molar-refractivity contribution in [1.82, 2.24) is 10.6 Å². The summed E-state index contributed by atoms with van der Waals surface area (Å²) in [6.07, 6.45) is 0.940. The van der Waals surface area contributed by atoms with E-state index in [2.05, 4.69) is 28.6 Å². The molecule has 0 aromatic heterocycles. The van der Waals surface area contributed by atoms with Gasteiger partial charge in [-0.1, -0.05) is 18.2 Å². The summed E-state index contributed by atoms with van der Waals surface area (Å²) in [6, 6.07) is 8.05. The molecule has 0 atom stereocenters. The number of aryl methyl sites for hydroxylation is 1. The third-order valence-electron chi connectivity index (χ3n) is 2.43. The number of nitrogens with one attached hydrogen (secondary N) is 2. The lowest BCUT2D eigenvalue weighted by Gasteiger charge is -2.10. The van der Waals surface area contributed by atoms with Gasteiger partial charge in [0.1, 0.15) is 5.75 Å². The fraction of sp³-hybridized carbons (Fsp3) is 0.462. The number of aliphatic imine (C=N–C) groups is 1. The zero-order valence-corrected chi connectivity index (χ0v) is 10.8. The van der Waals surface area contributed by atoms with E-state index < -0.39 is 0 Å². The molecule has 0 aliphatic carbocycles. The molecular weight excluding hydrogens is 214 g/mol. The summed E-state index contributed by atoms with van der Waals surface area (Å²) in [5, 5.41) is 6.15. The maximum absolute atomic E-state index is 5.69. The van der Waals surface area contributed by atoms with Gasteiger partial charge in [-0.25, -0.2) is 0 Å². The Labute approximate surface area is 103 Å². The van der Waals surface area contributed by atoms with E-state index in [1.165, 1.54) is 5.56 Å². The number of guanidine groups is 1. The molecule has 0 saturated heterocycles. The number of para-hydroxylation sites is 1. The second-order valence-corrected chi connectivity index (χ2v) is 3.72. The SMILES string of the molecule is CN=C(NC)NCCCOc1ccccc1C. The van der Waals surface area contributed by atoms with Crippen LogP contribution in [0, 0.1) is 6.92 Å². The van der Waals surface area contributed by atoms with E-state index in [1.54, 1.807) is 7.05 Å². The first kappa shape index (κ1) is 13.4. The number of rotatable bonds is 5. The minimum atomic E-state index is 0.707. The Morgan fingerprint density at radius 3 is 2.76 bits per heavy atom. The van der Waals surface area contributed by atoms with Crippen molar-refractivity contribution in [3.8, 4) is 5.75 Å². The lowest BCUT2D eigenvalue weighted by molar-refractivity contribution is 0.309. The van der Waals surface area contributed by atoms with Gasteiger partial charge in [0.05, 0.1) is 6.61 Å². The van der Waals surface area contributed by atoms with Crippen molar-refractivity contribution < 1.29 is 4.74 Å². The Bertz CT molecular complexity index is 363. The minimum absolute atomic E-state index is 0.707. The number of hydrogen-bond donors (Lipinski definition) is 2. The van der Waals surface area contributed by atoms with Crippen LogP contribution in [0.5, 0.6) is 5.75 Å². The molecule has 0 radical (unpaired) electrons. The first-order chi connectivity index (χ1) is 8.27. The zero-order valence-electron chi connectivity index (χ0n) is 10.8. The molecule has 0 aliphatic rings. The molecule has 0 unspecified atom stereocenters. The fourth-order valence-corrected chi connectivity index (χ4v) is 1.46. The van der Waals surface area contributed by atoms with E-state index in [-0.39, 0.29) is 0 Å². The third-order valence-corrected chi connectivity index (χ3v) is 2.43. The molecule has 0 spiro atoms. The number of hydrogen-bond acceptors (Lipinski definition) is 2. The first-order valence-corrected chi connectivity index (χ1v) is 5.84. The first-order valence-electron chi connectivity index (χ1n) is 5.84. The van der Waals surface area contributed by atoms with Gasteiger partial charge in [0.15, 0.2) is 5.96 Å². The average molecular weight is 235 g/mol. The van der Waals surface area contributed by atoms with Crippen LogP contribution in [0.4, 0.5) is 0 Å². The van der Waals surface area contributed by atoms with Gasteiger partial charge < -0.3 is 15.4 Å². The normalized spacial score (nSPS) is 11.1. The lowest BCUT2D eigenvalue weighted by Crippen LogP contribution is -2.35. The van der Waals surface area contributed by atoms with Crippen LogP contribution in [-0.4, -0.2) is 33.2 Å². The molecule has 2 N–H and O–H groups in total. The maximum atomic E-state index is 5.69. The smallest absolute Gasteiger partial charge is 0.190 e. The average Bonchev–Trinajstić information content (AvgIpc) is 2.36. The molecule has 0 saturated carbocycles. The van der Waals surface area contributed by atoms with E-state index in [0.717, 1.165) is 24.7 Å². The Balaban J connectivity index is 2.19. The highest BCUT2D eigenvalue weighted by Crippen LogP contribution is 2.15.